The number of imidazole rings is 1. The molecule has 0 saturated carbocycles. The van der Waals surface area contributed by atoms with Gasteiger partial charge in [-0.1, -0.05) is 11.8 Å². The fraction of sp³-hybridized carbons (Fsp3) is 0.421. The minimum absolute atomic E-state index is 0.165. The first-order valence-electron chi connectivity index (χ1n) is 9.15. The van der Waals surface area contributed by atoms with E-state index in [1.165, 1.54) is 4.90 Å². The van der Waals surface area contributed by atoms with E-state index in [2.05, 4.69) is 27.5 Å². The summed E-state index contributed by atoms with van der Waals surface area (Å²) in [7, 11) is 0. The molecule has 0 unspecified atom stereocenters. The molecule has 2 N–H and O–H groups in total. The number of rotatable bonds is 3. The van der Waals surface area contributed by atoms with Crippen LogP contribution < -0.4 is 15.5 Å². The van der Waals surface area contributed by atoms with E-state index in [4.69, 9.17) is 4.74 Å². The molecule has 28 heavy (non-hydrogen) atoms. The SMILES string of the molecule is O=C1CCN(c2cnc3cc(C#CCO[C@@H]4CCNC[C@@H]4F)ccn23)C(=O)N1. The molecule has 2 saturated heterocycles. The number of alkyl halides is 1. The second-order valence-electron chi connectivity index (χ2n) is 6.68. The number of aromatic nitrogens is 2. The van der Waals surface area contributed by atoms with Gasteiger partial charge in [0.05, 0.1) is 12.3 Å². The first-order valence-corrected chi connectivity index (χ1v) is 9.15. The van der Waals surface area contributed by atoms with Crippen LogP contribution in [0.25, 0.3) is 5.65 Å². The lowest BCUT2D eigenvalue weighted by Crippen LogP contribution is -2.50. The van der Waals surface area contributed by atoms with Crippen molar-refractivity contribution < 1.29 is 18.7 Å². The van der Waals surface area contributed by atoms with Gasteiger partial charge in [0.2, 0.25) is 5.91 Å². The van der Waals surface area contributed by atoms with Crippen molar-refractivity contribution in [1.82, 2.24) is 20.0 Å². The maximum atomic E-state index is 13.7. The molecule has 2 aliphatic heterocycles. The maximum Gasteiger partial charge on any atom is 0.329 e. The average Bonchev–Trinajstić information content (AvgIpc) is 3.09. The van der Waals surface area contributed by atoms with Crippen LogP contribution in [0.4, 0.5) is 15.0 Å². The van der Waals surface area contributed by atoms with Gasteiger partial charge in [0, 0.05) is 31.3 Å². The van der Waals surface area contributed by atoms with E-state index in [1.807, 2.05) is 0 Å². The molecule has 3 amide bonds. The Kier molecular flexibility index (Phi) is 5.23. The third-order valence-corrected chi connectivity index (χ3v) is 4.77. The van der Waals surface area contributed by atoms with Gasteiger partial charge in [-0.2, -0.15) is 0 Å². The summed E-state index contributed by atoms with van der Waals surface area (Å²) in [6, 6.07) is 3.15. The van der Waals surface area contributed by atoms with Gasteiger partial charge in [-0.05, 0) is 25.1 Å². The molecule has 2 aromatic rings. The molecular weight excluding hydrogens is 365 g/mol. The number of anilines is 1. The predicted molar refractivity (Wildman–Crippen MR) is 99.7 cm³/mol. The van der Waals surface area contributed by atoms with Crippen molar-refractivity contribution in [3.8, 4) is 11.8 Å². The van der Waals surface area contributed by atoms with E-state index in [0.29, 0.717) is 31.0 Å². The molecule has 9 heteroatoms. The lowest BCUT2D eigenvalue weighted by atomic mass is 10.1. The van der Waals surface area contributed by atoms with Crippen LogP contribution in [-0.4, -0.2) is 59.8 Å². The number of nitrogens with one attached hydrogen (secondary N) is 2. The highest BCUT2D eigenvalue weighted by Crippen LogP contribution is 2.19. The highest BCUT2D eigenvalue weighted by molar-refractivity contribution is 6.05. The zero-order valence-electron chi connectivity index (χ0n) is 15.2. The van der Waals surface area contributed by atoms with Crippen LogP contribution in [0.5, 0.6) is 0 Å². The number of carbonyl (C=O) groups is 2. The van der Waals surface area contributed by atoms with Crippen LogP contribution in [0.3, 0.4) is 0 Å². The number of fused-ring (bicyclic) bond motifs is 1. The van der Waals surface area contributed by atoms with E-state index in [0.717, 1.165) is 12.1 Å². The fourth-order valence-electron chi connectivity index (χ4n) is 3.30. The molecule has 4 heterocycles. The van der Waals surface area contributed by atoms with Gasteiger partial charge < -0.3 is 10.1 Å². The summed E-state index contributed by atoms with van der Waals surface area (Å²) >= 11 is 0. The molecule has 8 nitrogen and oxygen atoms in total. The number of amides is 3. The van der Waals surface area contributed by atoms with Gasteiger partial charge in [-0.3, -0.25) is 19.4 Å². The molecule has 2 fully saturated rings. The summed E-state index contributed by atoms with van der Waals surface area (Å²) in [5.74, 6) is 6.21. The third-order valence-electron chi connectivity index (χ3n) is 4.77. The van der Waals surface area contributed by atoms with Crippen molar-refractivity contribution in [2.45, 2.75) is 25.1 Å². The molecule has 2 aromatic heterocycles. The normalized spacial score (nSPS) is 22.7. The Morgan fingerprint density at radius 2 is 2.29 bits per heavy atom. The summed E-state index contributed by atoms with van der Waals surface area (Å²) in [6.45, 7) is 1.54. The number of urea groups is 1. The number of hydrogen-bond donors (Lipinski definition) is 2. The minimum atomic E-state index is -1.00. The van der Waals surface area contributed by atoms with Crippen LogP contribution >= 0.6 is 0 Å². The minimum Gasteiger partial charge on any atom is -0.362 e. The van der Waals surface area contributed by atoms with Crippen molar-refractivity contribution in [3.63, 3.8) is 0 Å². The molecule has 146 valence electrons. The molecule has 0 bridgehead atoms. The van der Waals surface area contributed by atoms with Gasteiger partial charge in [0.25, 0.3) is 0 Å². The van der Waals surface area contributed by atoms with Gasteiger partial charge >= 0.3 is 6.03 Å². The summed E-state index contributed by atoms with van der Waals surface area (Å²) in [5.41, 5.74) is 1.38. The van der Waals surface area contributed by atoms with Crippen LogP contribution in [0.1, 0.15) is 18.4 Å². The molecular formula is C19H20FN5O3. The van der Waals surface area contributed by atoms with E-state index in [9.17, 15) is 14.0 Å². The maximum absolute atomic E-state index is 13.7. The summed E-state index contributed by atoms with van der Waals surface area (Å²) in [5, 5.41) is 5.28. The van der Waals surface area contributed by atoms with Gasteiger partial charge in [0.1, 0.15) is 24.2 Å². The van der Waals surface area contributed by atoms with E-state index >= 15 is 0 Å². The zero-order valence-corrected chi connectivity index (χ0v) is 15.2. The second kappa shape index (κ2) is 7.96. The Morgan fingerprint density at radius 3 is 3.11 bits per heavy atom. The molecule has 0 aliphatic carbocycles. The van der Waals surface area contributed by atoms with Gasteiger partial charge in [-0.15, -0.1) is 0 Å². The van der Waals surface area contributed by atoms with Crippen molar-refractivity contribution in [2.24, 2.45) is 0 Å². The van der Waals surface area contributed by atoms with Crippen molar-refractivity contribution >= 4 is 23.4 Å². The van der Waals surface area contributed by atoms with Crippen LogP contribution in [0.15, 0.2) is 24.5 Å². The Balaban J connectivity index is 1.43. The average molecular weight is 385 g/mol. The number of imide groups is 1. The standard InChI is InChI=1S/C19H20FN5O3/c20-14-11-21-6-3-15(14)28-9-1-2-13-4-7-24-16(10-13)22-12-18(24)25-8-5-17(26)23-19(25)27/h4,7,10,12,14-15,21H,3,5-6,8-9,11H2,(H,23,26,27)/t14-,15+/m0/s1. The summed E-state index contributed by atoms with van der Waals surface area (Å²) in [4.78, 5) is 29.1. The predicted octanol–water partition coefficient (Wildman–Crippen LogP) is 0.849. The van der Waals surface area contributed by atoms with E-state index in [-0.39, 0.29) is 18.9 Å². The number of piperidine rings is 1. The monoisotopic (exact) mass is 385 g/mol. The Bertz CT molecular complexity index is 963. The van der Waals surface area contributed by atoms with Crippen LogP contribution in [-0.2, 0) is 9.53 Å². The van der Waals surface area contributed by atoms with E-state index < -0.39 is 18.3 Å². The smallest absolute Gasteiger partial charge is 0.329 e. The Hall–Kier alpha value is -2.96. The number of nitrogens with zero attached hydrogens (tertiary/aromatic N) is 3. The molecule has 0 radical (unpaired) electrons. The highest BCUT2D eigenvalue weighted by Gasteiger charge is 2.26. The lowest BCUT2D eigenvalue weighted by molar-refractivity contribution is -0.120. The third kappa shape index (κ3) is 3.83. The van der Waals surface area contributed by atoms with Crippen LogP contribution in [0, 0.1) is 11.8 Å². The quantitative estimate of drug-likeness (QED) is 0.765. The summed E-state index contributed by atoms with van der Waals surface area (Å²) in [6.07, 6.45) is 2.84. The van der Waals surface area contributed by atoms with Crippen LogP contribution in [0.2, 0.25) is 0 Å². The number of halogens is 1. The topological polar surface area (TPSA) is 88.0 Å². The Labute approximate surface area is 161 Å². The van der Waals surface area contributed by atoms with E-state index in [1.54, 1.807) is 28.9 Å². The Morgan fingerprint density at radius 1 is 1.39 bits per heavy atom. The number of carbonyl (C=O) groups excluding carboxylic acids is 2. The van der Waals surface area contributed by atoms with Gasteiger partial charge in [0.15, 0.2) is 0 Å². The number of ether oxygens (including phenoxy) is 1. The van der Waals surface area contributed by atoms with Crippen molar-refractivity contribution in [2.75, 3.05) is 31.1 Å². The molecule has 0 spiro atoms. The number of pyridine rings is 1. The molecule has 4 rings (SSSR count). The second-order valence-corrected chi connectivity index (χ2v) is 6.68. The summed E-state index contributed by atoms with van der Waals surface area (Å²) < 4.78 is 21.0. The lowest BCUT2D eigenvalue weighted by Gasteiger charge is -2.25. The van der Waals surface area contributed by atoms with Gasteiger partial charge in [-0.25, -0.2) is 14.2 Å². The first-order chi connectivity index (χ1) is 13.6. The fourth-order valence-corrected chi connectivity index (χ4v) is 3.30. The molecule has 2 aliphatic rings. The zero-order chi connectivity index (χ0) is 19.5. The van der Waals surface area contributed by atoms with Crippen molar-refractivity contribution in [3.05, 3.63) is 30.1 Å². The molecule has 0 aromatic carbocycles. The number of hydrogen-bond acceptors (Lipinski definition) is 5. The first kappa shape index (κ1) is 18.4. The highest BCUT2D eigenvalue weighted by atomic mass is 19.1. The van der Waals surface area contributed by atoms with Crippen molar-refractivity contribution in [1.29, 1.82) is 0 Å². The molecule has 2 atom stereocenters. The largest absolute Gasteiger partial charge is 0.362 e.